The fourth-order valence-electron chi connectivity index (χ4n) is 1.97. The lowest BCUT2D eigenvalue weighted by molar-refractivity contribution is -0.127. The molecule has 0 spiro atoms. The Morgan fingerprint density at radius 3 is 2.62 bits per heavy atom. The minimum Gasteiger partial charge on any atom is -0.296 e. The van der Waals surface area contributed by atoms with Crippen molar-refractivity contribution in [1.82, 2.24) is 0 Å². The summed E-state index contributed by atoms with van der Waals surface area (Å²) in [5.41, 5.74) is 0.186. The van der Waals surface area contributed by atoms with E-state index in [4.69, 9.17) is 0 Å². The lowest BCUT2D eigenvalue weighted by Gasteiger charge is -2.36. The Morgan fingerprint density at radius 1 is 1.54 bits per heavy atom. The molecule has 0 bridgehead atoms. The van der Waals surface area contributed by atoms with Gasteiger partial charge in [-0.25, -0.2) is 4.39 Å². The third-order valence-corrected chi connectivity index (χ3v) is 3.60. The fourth-order valence-corrected chi connectivity index (χ4v) is 1.97. The van der Waals surface area contributed by atoms with Crippen LogP contribution in [0.3, 0.4) is 0 Å². The number of hydrogen-bond donors (Lipinski definition) is 0. The van der Waals surface area contributed by atoms with Crippen molar-refractivity contribution in [1.29, 1.82) is 0 Å². The Hall–Kier alpha value is -0.400. The van der Waals surface area contributed by atoms with Crippen LogP contribution < -0.4 is 0 Å². The van der Waals surface area contributed by atoms with Crippen LogP contribution in [0.25, 0.3) is 0 Å². The normalized spacial score (nSPS) is 30.6. The predicted octanol–water partition coefficient (Wildman–Crippen LogP) is 3.13. The third-order valence-electron chi connectivity index (χ3n) is 3.60. The van der Waals surface area contributed by atoms with Gasteiger partial charge in [-0.2, -0.15) is 0 Å². The van der Waals surface area contributed by atoms with Crippen molar-refractivity contribution in [2.45, 2.75) is 52.6 Å². The second kappa shape index (κ2) is 3.77. The summed E-state index contributed by atoms with van der Waals surface area (Å²) in [6.45, 7) is 6.46. The molecule has 0 amide bonds. The summed E-state index contributed by atoms with van der Waals surface area (Å²) in [5, 5.41) is 0. The SMILES string of the molecule is CCC(C)(C)[C@@H]1CCC(=O)[C@@H](F)C1. The summed E-state index contributed by atoms with van der Waals surface area (Å²) >= 11 is 0. The van der Waals surface area contributed by atoms with E-state index in [0.717, 1.165) is 12.8 Å². The molecule has 0 aromatic carbocycles. The fraction of sp³-hybridized carbons (Fsp3) is 0.909. The van der Waals surface area contributed by atoms with E-state index < -0.39 is 6.17 Å². The summed E-state index contributed by atoms with van der Waals surface area (Å²) in [6.07, 6.45) is 1.62. The molecule has 0 N–H and O–H groups in total. The molecule has 1 nitrogen and oxygen atoms in total. The van der Waals surface area contributed by atoms with E-state index >= 15 is 0 Å². The summed E-state index contributed by atoms with van der Waals surface area (Å²) in [6, 6.07) is 0. The molecule has 0 aliphatic heterocycles. The highest BCUT2D eigenvalue weighted by atomic mass is 19.1. The second-order valence-electron chi connectivity index (χ2n) is 4.75. The largest absolute Gasteiger partial charge is 0.296 e. The molecule has 1 fully saturated rings. The number of halogens is 1. The lowest BCUT2D eigenvalue weighted by Crippen LogP contribution is -2.34. The van der Waals surface area contributed by atoms with Crippen molar-refractivity contribution in [3.8, 4) is 0 Å². The number of ketones is 1. The van der Waals surface area contributed by atoms with Gasteiger partial charge in [0.1, 0.15) is 0 Å². The summed E-state index contributed by atoms with van der Waals surface area (Å²) in [7, 11) is 0. The van der Waals surface area contributed by atoms with Gasteiger partial charge < -0.3 is 0 Å². The zero-order chi connectivity index (χ0) is 10.1. The Kier molecular flexibility index (Phi) is 3.09. The first kappa shape index (κ1) is 10.7. The van der Waals surface area contributed by atoms with Gasteiger partial charge in [0.15, 0.2) is 12.0 Å². The van der Waals surface area contributed by atoms with Gasteiger partial charge in [0.2, 0.25) is 0 Å². The number of rotatable bonds is 2. The lowest BCUT2D eigenvalue weighted by atomic mass is 9.69. The molecule has 0 unspecified atom stereocenters. The molecule has 0 saturated heterocycles. The van der Waals surface area contributed by atoms with Gasteiger partial charge in [-0.15, -0.1) is 0 Å². The topological polar surface area (TPSA) is 17.1 Å². The maximum Gasteiger partial charge on any atom is 0.166 e. The minimum absolute atomic E-state index is 0.186. The van der Waals surface area contributed by atoms with Crippen molar-refractivity contribution >= 4 is 5.78 Å². The van der Waals surface area contributed by atoms with Crippen LogP contribution in [-0.4, -0.2) is 12.0 Å². The van der Waals surface area contributed by atoms with Crippen LogP contribution >= 0.6 is 0 Å². The molecule has 13 heavy (non-hydrogen) atoms. The number of hydrogen-bond acceptors (Lipinski definition) is 1. The average Bonchev–Trinajstić information content (AvgIpc) is 2.09. The van der Waals surface area contributed by atoms with E-state index in [0.29, 0.717) is 18.8 Å². The molecular formula is C11H19FO. The predicted molar refractivity (Wildman–Crippen MR) is 51.3 cm³/mol. The quantitative estimate of drug-likeness (QED) is 0.647. The van der Waals surface area contributed by atoms with E-state index in [1.165, 1.54) is 0 Å². The van der Waals surface area contributed by atoms with Crippen LogP contribution in [0.2, 0.25) is 0 Å². The van der Waals surface area contributed by atoms with Gasteiger partial charge in [-0.05, 0) is 24.2 Å². The molecule has 1 rings (SSSR count). The summed E-state index contributed by atoms with van der Waals surface area (Å²) in [5.74, 6) is 0.188. The second-order valence-corrected chi connectivity index (χ2v) is 4.75. The zero-order valence-electron chi connectivity index (χ0n) is 8.77. The van der Waals surface area contributed by atoms with E-state index in [-0.39, 0.29) is 11.2 Å². The van der Waals surface area contributed by atoms with Gasteiger partial charge in [0.25, 0.3) is 0 Å². The molecule has 1 aliphatic rings. The summed E-state index contributed by atoms with van der Waals surface area (Å²) in [4.78, 5) is 11.0. The van der Waals surface area contributed by atoms with Gasteiger partial charge >= 0.3 is 0 Å². The van der Waals surface area contributed by atoms with Crippen LogP contribution in [0.5, 0.6) is 0 Å². The Labute approximate surface area is 79.7 Å². The third kappa shape index (κ3) is 2.29. The smallest absolute Gasteiger partial charge is 0.166 e. The van der Waals surface area contributed by atoms with Crippen molar-refractivity contribution in [2.75, 3.05) is 0 Å². The highest BCUT2D eigenvalue weighted by molar-refractivity contribution is 5.83. The standard InChI is InChI=1S/C11H19FO/c1-4-11(2,3)8-5-6-10(13)9(12)7-8/h8-9H,4-7H2,1-3H3/t8-,9+/m1/s1. The Balaban J connectivity index is 2.60. The molecule has 0 radical (unpaired) electrons. The molecule has 1 aliphatic carbocycles. The zero-order valence-corrected chi connectivity index (χ0v) is 8.77. The molecule has 0 aromatic heterocycles. The minimum atomic E-state index is -1.19. The van der Waals surface area contributed by atoms with Gasteiger partial charge in [-0.1, -0.05) is 27.2 Å². The molecule has 0 heterocycles. The molecule has 2 atom stereocenters. The van der Waals surface area contributed by atoms with Crippen molar-refractivity contribution < 1.29 is 9.18 Å². The number of carbonyl (C=O) groups is 1. The van der Waals surface area contributed by atoms with Gasteiger partial charge in [-0.3, -0.25) is 4.79 Å². The first-order valence-electron chi connectivity index (χ1n) is 5.14. The van der Waals surface area contributed by atoms with Gasteiger partial charge in [0, 0.05) is 6.42 Å². The van der Waals surface area contributed by atoms with E-state index in [2.05, 4.69) is 20.8 Å². The van der Waals surface area contributed by atoms with Crippen LogP contribution in [0, 0.1) is 11.3 Å². The van der Waals surface area contributed by atoms with Crippen LogP contribution in [0.1, 0.15) is 46.5 Å². The first-order chi connectivity index (χ1) is 5.97. The van der Waals surface area contributed by atoms with Crippen molar-refractivity contribution in [3.63, 3.8) is 0 Å². The number of carbonyl (C=O) groups excluding carboxylic acids is 1. The average molecular weight is 186 g/mol. The molecule has 0 aromatic rings. The maximum atomic E-state index is 13.1. The van der Waals surface area contributed by atoms with E-state index in [1.54, 1.807) is 0 Å². The van der Waals surface area contributed by atoms with Crippen LogP contribution in [-0.2, 0) is 4.79 Å². The first-order valence-corrected chi connectivity index (χ1v) is 5.14. The monoisotopic (exact) mass is 186 g/mol. The maximum absolute atomic E-state index is 13.1. The Bertz CT molecular complexity index is 198. The van der Waals surface area contributed by atoms with E-state index in [1.807, 2.05) is 0 Å². The molecular weight excluding hydrogens is 167 g/mol. The number of alkyl halides is 1. The molecule has 1 saturated carbocycles. The van der Waals surface area contributed by atoms with Crippen molar-refractivity contribution in [3.05, 3.63) is 0 Å². The van der Waals surface area contributed by atoms with Crippen molar-refractivity contribution in [2.24, 2.45) is 11.3 Å². The number of Topliss-reactive ketones (excluding diaryl/α,β-unsaturated/α-hetero) is 1. The highest BCUT2D eigenvalue weighted by Gasteiger charge is 2.36. The van der Waals surface area contributed by atoms with Crippen LogP contribution in [0.15, 0.2) is 0 Å². The molecule has 2 heteroatoms. The Morgan fingerprint density at radius 2 is 2.15 bits per heavy atom. The van der Waals surface area contributed by atoms with E-state index in [9.17, 15) is 9.18 Å². The highest BCUT2D eigenvalue weighted by Crippen LogP contribution is 2.40. The van der Waals surface area contributed by atoms with Crippen LogP contribution in [0.4, 0.5) is 4.39 Å². The molecule has 76 valence electrons. The summed E-state index contributed by atoms with van der Waals surface area (Å²) < 4.78 is 13.1. The van der Waals surface area contributed by atoms with Gasteiger partial charge in [0.05, 0.1) is 0 Å².